The molecule has 1 nitrogen and oxygen atoms in total. The monoisotopic (exact) mass is 78.0 g/mol. The summed E-state index contributed by atoms with van der Waals surface area (Å²) >= 11 is 0. The SMILES string of the molecule is C#CC=O.[NaH]. The van der Waals surface area contributed by atoms with Crippen molar-refractivity contribution in [3.05, 3.63) is 0 Å². The van der Waals surface area contributed by atoms with Crippen molar-refractivity contribution < 1.29 is 4.79 Å². The summed E-state index contributed by atoms with van der Waals surface area (Å²) in [6, 6.07) is 0. The quantitative estimate of drug-likeness (QED) is 0.210. The van der Waals surface area contributed by atoms with Gasteiger partial charge in [-0.2, -0.15) is 0 Å². The van der Waals surface area contributed by atoms with Crippen LogP contribution >= 0.6 is 0 Å². The molecular weight excluding hydrogens is 75.0 g/mol. The summed E-state index contributed by atoms with van der Waals surface area (Å²) in [6.45, 7) is 0. The fourth-order valence-electron chi connectivity index (χ4n) is 0. The van der Waals surface area contributed by atoms with E-state index in [4.69, 9.17) is 4.79 Å². The first-order valence-corrected chi connectivity index (χ1v) is 0.813. The molecule has 2 heteroatoms. The van der Waals surface area contributed by atoms with Gasteiger partial charge in [0.15, 0.2) is 6.29 Å². The third-order valence-corrected chi connectivity index (χ3v) is 0.0680. The van der Waals surface area contributed by atoms with Crippen molar-refractivity contribution in [2.24, 2.45) is 0 Å². The van der Waals surface area contributed by atoms with Gasteiger partial charge in [-0.15, -0.1) is 6.42 Å². The molecule has 0 N–H and O–H groups in total. The van der Waals surface area contributed by atoms with Crippen molar-refractivity contribution >= 4 is 35.8 Å². The van der Waals surface area contributed by atoms with E-state index >= 15 is 0 Å². The van der Waals surface area contributed by atoms with Crippen LogP contribution < -0.4 is 0 Å². The third-order valence-electron chi connectivity index (χ3n) is 0.0680. The van der Waals surface area contributed by atoms with E-state index in [-0.39, 0.29) is 29.6 Å². The van der Waals surface area contributed by atoms with Gasteiger partial charge in [0, 0.05) is 0 Å². The molecule has 0 aromatic heterocycles. The van der Waals surface area contributed by atoms with Gasteiger partial charge in [0.25, 0.3) is 0 Å². The van der Waals surface area contributed by atoms with Crippen molar-refractivity contribution in [1.29, 1.82) is 0 Å². The number of carbonyl (C=O) groups excluding carboxylic acids is 1. The van der Waals surface area contributed by atoms with Crippen LogP contribution in [0.15, 0.2) is 0 Å². The summed E-state index contributed by atoms with van der Waals surface area (Å²) in [5.41, 5.74) is 0. The van der Waals surface area contributed by atoms with E-state index in [0.717, 1.165) is 0 Å². The summed E-state index contributed by atoms with van der Waals surface area (Å²) in [5, 5.41) is 0. The number of carbonyl (C=O) groups is 1. The molecule has 0 atom stereocenters. The van der Waals surface area contributed by atoms with Crippen molar-refractivity contribution in [2.75, 3.05) is 0 Å². The Hall–Kier alpha value is 0.230. The molecule has 0 rings (SSSR count). The summed E-state index contributed by atoms with van der Waals surface area (Å²) in [5.74, 6) is 1.75. The fourth-order valence-corrected chi connectivity index (χ4v) is 0. The van der Waals surface area contributed by atoms with Crippen molar-refractivity contribution in [2.45, 2.75) is 0 Å². The second kappa shape index (κ2) is 8.87. The van der Waals surface area contributed by atoms with Crippen LogP contribution in [0.2, 0.25) is 0 Å². The first kappa shape index (κ1) is 8.97. The van der Waals surface area contributed by atoms with Gasteiger partial charge in [0.1, 0.15) is 0 Å². The predicted octanol–water partition coefficient (Wildman–Crippen LogP) is -0.830. The Morgan fingerprint density at radius 2 is 2.00 bits per heavy atom. The summed E-state index contributed by atoms with van der Waals surface area (Å²) in [6.07, 6.45) is 4.81. The van der Waals surface area contributed by atoms with Crippen molar-refractivity contribution in [3.63, 3.8) is 0 Å². The average molecular weight is 78.0 g/mol. The van der Waals surface area contributed by atoms with E-state index in [0.29, 0.717) is 6.29 Å². The van der Waals surface area contributed by atoms with E-state index < -0.39 is 0 Å². The molecule has 0 aromatic rings. The number of aldehydes is 1. The second-order valence-corrected chi connectivity index (χ2v) is 0.285. The van der Waals surface area contributed by atoms with Gasteiger partial charge in [0.05, 0.1) is 0 Å². The summed E-state index contributed by atoms with van der Waals surface area (Å²) in [4.78, 5) is 8.94. The molecule has 22 valence electrons. The maximum atomic E-state index is 8.94. The Morgan fingerprint density at radius 1 is 1.80 bits per heavy atom. The number of hydrogen-bond acceptors (Lipinski definition) is 1. The topological polar surface area (TPSA) is 17.1 Å². The molecule has 0 aliphatic rings. The molecule has 0 bridgehead atoms. The van der Waals surface area contributed by atoms with Gasteiger partial charge in [-0.3, -0.25) is 4.79 Å². The van der Waals surface area contributed by atoms with Crippen LogP contribution in [0.5, 0.6) is 0 Å². The minimum absolute atomic E-state index is 0. The van der Waals surface area contributed by atoms with Gasteiger partial charge in [0.2, 0.25) is 0 Å². The molecule has 0 unspecified atom stereocenters. The van der Waals surface area contributed by atoms with Gasteiger partial charge >= 0.3 is 29.6 Å². The molecule has 0 aromatic carbocycles. The standard InChI is InChI=1S/C3H2O.Na.H/c1-2-3-4;;/h1,3H;;. The molecule has 0 heterocycles. The molecule has 0 saturated heterocycles. The first-order chi connectivity index (χ1) is 1.91. The van der Waals surface area contributed by atoms with Crippen LogP contribution in [-0.4, -0.2) is 35.8 Å². The zero-order chi connectivity index (χ0) is 3.41. The van der Waals surface area contributed by atoms with Crippen LogP contribution in [0.4, 0.5) is 0 Å². The summed E-state index contributed by atoms with van der Waals surface area (Å²) < 4.78 is 0. The van der Waals surface area contributed by atoms with Gasteiger partial charge in [-0.25, -0.2) is 0 Å². The van der Waals surface area contributed by atoms with Gasteiger partial charge in [-0.1, -0.05) is 0 Å². The molecule has 5 heavy (non-hydrogen) atoms. The Balaban J connectivity index is 0. The Morgan fingerprint density at radius 3 is 2.00 bits per heavy atom. The van der Waals surface area contributed by atoms with Crippen LogP contribution in [-0.2, 0) is 4.79 Å². The maximum absolute atomic E-state index is 8.94. The Kier molecular flexibility index (Phi) is 15.9. The van der Waals surface area contributed by atoms with E-state index in [9.17, 15) is 0 Å². The number of terminal acetylenes is 1. The van der Waals surface area contributed by atoms with Crippen LogP contribution in [0.3, 0.4) is 0 Å². The third kappa shape index (κ3) is 13.9. The normalized spacial score (nSPS) is 3.00. The number of hydrogen-bond donors (Lipinski definition) is 0. The van der Waals surface area contributed by atoms with Crippen LogP contribution in [0, 0.1) is 12.3 Å². The second-order valence-electron chi connectivity index (χ2n) is 0.285. The Labute approximate surface area is 53.0 Å². The molecule has 0 aliphatic heterocycles. The summed E-state index contributed by atoms with van der Waals surface area (Å²) in [7, 11) is 0. The van der Waals surface area contributed by atoms with Crippen molar-refractivity contribution in [1.82, 2.24) is 0 Å². The first-order valence-electron chi connectivity index (χ1n) is 0.813. The minimum atomic E-state index is 0. The molecule has 0 fully saturated rings. The van der Waals surface area contributed by atoms with E-state index in [1.165, 1.54) is 0 Å². The van der Waals surface area contributed by atoms with E-state index in [1.54, 1.807) is 5.92 Å². The molecule has 0 radical (unpaired) electrons. The zero-order valence-corrected chi connectivity index (χ0v) is 2.06. The zero-order valence-electron chi connectivity index (χ0n) is 2.06. The Bertz CT molecular complexity index is 52.4. The fraction of sp³-hybridized carbons (Fsp3) is 0. The molecular formula is C3H3NaO. The van der Waals surface area contributed by atoms with Gasteiger partial charge < -0.3 is 0 Å². The number of rotatable bonds is 0. The molecule has 0 amide bonds. The van der Waals surface area contributed by atoms with Crippen molar-refractivity contribution in [3.8, 4) is 12.3 Å². The van der Waals surface area contributed by atoms with Crippen LogP contribution in [0.25, 0.3) is 0 Å². The average Bonchev–Trinajstić information content (AvgIpc) is 1.37. The van der Waals surface area contributed by atoms with E-state index in [1.807, 2.05) is 0 Å². The molecule has 0 spiro atoms. The van der Waals surface area contributed by atoms with Crippen LogP contribution in [0.1, 0.15) is 0 Å². The van der Waals surface area contributed by atoms with Gasteiger partial charge in [-0.05, 0) is 5.92 Å². The van der Waals surface area contributed by atoms with E-state index in [2.05, 4.69) is 6.42 Å². The molecule has 0 saturated carbocycles. The predicted molar refractivity (Wildman–Crippen MR) is 22.0 cm³/mol. The molecule has 0 aliphatic carbocycles.